The van der Waals surface area contributed by atoms with Crippen LogP contribution in [0.4, 0.5) is 10.9 Å². The average molecular weight is 298 g/mol. The molecule has 0 aliphatic carbocycles. The summed E-state index contributed by atoms with van der Waals surface area (Å²) in [6.07, 6.45) is 0. The number of anilines is 2. The first-order valence-electron chi connectivity index (χ1n) is 6.95. The SMILES string of the molecule is CC(C)C(CNC(=O)c1sc(N(C)C)nc1N)C(C)C. The lowest BCUT2D eigenvalue weighted by Crippen LogP contribution is -2.33. The number of amides is 1. The molecular weight excluding hydrogens is 272 g/mol. The Morgan fingerprint density at radius 1 is 1.30 bits per heavy atom. The lowest BCUT2D eigenvalue weighted by Gasteiger charge is -2.24. The van der Waals surface area contributed by atoms with Gasteiger partial charge in [0.15, 0.2) is 5.13 Å². The number of hydrogen-bond donors (Lipinski definition) is 2. The second-order valence-electron chi connectivity index (χ2n) is 5.97. The minimum atomic E-state index is -0.126. The molecule has 20 heavy (non-hydrogen) atoms. The summed E-state index contributed by atoms with van der Waals surface area (Å²) in [5, 5.41) is 3.73. The van der Waals surface area contributed by atoms with Crippen LogP contribution in [0.1, 0.15) is 37.4 Å². The first-order valence-corrected chi connectivity index (χ1v) is 7.77. The van der Waals surface area contributed by atoms with Crippen molar-refractivity contribution in [1.82, 2.24) is 10.3 Å². The zero-order valence-corrected chi connectivity index (χ0v) is 14.0. The Hall–Kier alpha value is -1.30. The number of nitrogens with zero attached hydrogens (tertiary/aromatic N) is 2. The van der Waals surface area contributed by atoms with Gasteiger partial charge in [-0.15, -0.1) is 0 Å². The quantitative estimate of drug-likeness (QED) is 0.846. The topological polar surface area (TPSA) is 71.2 Å². The fourth-order valence-corrected chi connectivity index (χ4v) is 3.03. The Bertz CT molecular complexity index is 446. The van der Waals surface area contributed by atoms with E-state index in [9.17, 15) is 4.79 Å². The van der Waals surface area contributed by atoms with Gasteiger partial charge in [-0.3, -0.25) is 4.79 Å². The molecular formula is C14H26N4OS. The molecule has 114 valence electrons. The third-order valence-corrected chi connectivity index (χ3v) is 4.68. The van der Waals surface area contributed by atoms with Crippen LogP contribution >= 0.6 is 11.3 Å². The minimum absolute atomic E-state index is 0.126. The second kappa shape index (κ2) is 6.92. The fourth-order valence-electron chi connectivity index (χ4n) is 2.21. The number of carbonyl (C=O) groups excluding carboxylic acids is 1. The molecule has 0 aliphatic heterocycles. The smallest absolute Gasteiger partial charge is 0.265 e. The maximum atomic E-state index is 12.2. The lowest BCUT2D eigenvalue weighted by molar-refractivity contribution is 0.0942. The number of thiazole rings is 1. The van der Waals surface area contributed by atoms with Gasteiger partial charge in [0.2, 0.25) is 0 Å². The predicted octanol–water partition coefficient (Wildman–Crippen LogP) is 2.45. The first kappa shape index (κ1) is 16.8. The molecule has 1 amide bonds. The van der Waals surface area contributed by atoms with Gasteiger partial charge < -0.3 is 16.0 Å². The number of hydrogen-bond acceptors (Lipinski definition) is 5. The van der Waals surface area contributed by atoms with Crippen LogP contribution in [0.2, 0.25) is 0 Å². The number of nitrogens with one attached hydrogen (secondary N) is 1. The normalized spacial score (nSPS) is 11.4. The molecule has 0 saturated carbocycles. The van der Waals surface area contributed by atoms with E-state index in [2.05, 4.69) is 38.0 Å². The van der Waals surface area contributed by atoms with E-state index >= 15 is 0 Å². The highest BCUT2D eigenvalue weighted by Crippen LogP contribution is 2.27. The van der Waals surface area contributed by atoms with Crippen LogP contribution in [0.25, 0.3) is 0 Å². The van der Waals surface area contributed by atoms with Gasteiger partial charge in [0, 0.05) is 20.6 Å². The average Bonchev–Trinajstić information content (AvgIpc) is 2.70. The molecule has 1 heterocycles. The molecule has 0 aromatic carbocycles. The largest absolute Gasteiger partial charge is 0.382 e. The van der Waals surface area contributed by atoms with E-state index < -0.39 is 0 Å². The van der Waals surface area contributed by atoms with Crippen molar-refractivity contribution in [3.05, 3.63) is 4.88 Å². The molecule has 0 fully saturated rings. The van der Waals surface area contributed by atoms with Crippen LogP contribution in [0.5, 0.6) is 0 Å². The van der Waals surface area contributed by atoms with Gasteiger partial charge in [-0.2, -0.15) is 0 Å². The molecule has 0 saturated heterocycles. The maximum absolute atomic E-state index is 12.2. The van der Waals surface area contributed by atoms with Crippen LogP contribution < -0.4 is 16.0 Å². The van der Waals surface area contributed by atoms with E-state index in [1.807, 2.05) is 19.0 Å². The molecule has 0 aliphatic rings. The van der Waals surface area contributed by atoms with Gasteiger partial charge in [0.1, 0.15) is 10.7 Å². The van der Waals surface area contributed by atoms with Crippen molar-refractivity contribution in [1.29, 1.82) is 0 Å². The minimum Gasteiger partial charge on any atom is -0.382 e. The molecule has 5 nitrogen and oxygen atoms in total. The molecule has 0 radical (unpaired) electrons. The number of rotatable bonds is 6. The van der Waals surface area contributed by atoms with Gasteiger partial charge in [-0.25, -0.2) is 4.98 Å². The lowest BCUT2D eigenvalue weighted by atomic mass is 9.85. The van der Waals surface area contributed by atoms with Crippen molar-refractivity contribution in [2.24, 2.45) is 17.8 Å². The maximum Gasteiger partial charge on any atom is 0.265 e. The Morgan fingerprint density at radius 2 is 1.85 bits per heavy atom. The zero-order chi connectivity index (χ0) is 15.4. The molecule has 0 spiro atoms. The Morgan fingerprint density at radius 3 is 2.25 bits per heavy atom. The summed E-state index contributed by atoms with van der Waals surface area (Å²) >= 11 is 1.32. The highest BCUT2D eigenvalue weighted by Gasteiger charge is 2.21. The number of carbonyl (C=O) groups is 1. The van der Waals surface area contributed by atoms with Crippen molar-refractivity contribution in [2.75, 3.05) is 31.3 Å². The molecule has 3 N–H and O–H groups in total. The van der Waals surface area contributed by atoms with Crippen molar-refractivity contribution in [3.63, 3.8) is 0 Å². The van der Waals surface area contributed by atoms with Crippen LogP contribution in [-0.4, -0.2) is 31.5 Å². The Balaban J connectivity index is 2.72. The van der Waals surface area contributed by atoms with Crippen molar-refractivity contribution in [2.45, 2.75) is 27.7 Å². The molecule has 0 unspecified atom stereocenters. The zero-order valence-electron chi connectivity index (χ0n) is 13.2. The van der Waals surface area contributed by atoms with E-state index in [0.717, 1.165) is 5.13 Å². The fraction of sp³-hybridized carbons (Fsp3) is 0.714. The van der Waals surface area contributed by atoms with E-state index in [4.69, 9.17) is 5.73 Å². The van der Waals surface area contributed by atoms with Crippen LogP contribution in [-0.2, 0) is 0 Å². The molecule has 1 aromatic heterocycles. The summed E-state index contributed by atoms with van der Waals surface area (Å²) in [7, 11) is 3.76. The highest BCUT2D eigenvalue weighted by atomic mass is 32.1. The Kier molecular flexibility index (Phi) is 5.80. The molecule has 1 aromatic rings. The number of aromatic nitrogens is 1. The van der Waals surface area contributed by atoms with Gasteiger partial charge >= 0.3 is 0 Å². The number of nitrogen functional groups attached to an aromatic ring is 1. The standard InChI is InChI=1S/C14H26N4OS/c1-8(2)10(9(3)4)7-16-13(19)11-12(15)17-14(20-11)18(5)6/h8-10H,7,15H2,1-6H3,(H,16,19). The summed E-state index contributed by atoms with van der Waals surface area (Å²) in [6.45, 7) is 9.40. The highest BCUT2D eigenvalue weighted by molar-refractivity contribution is 7.18. The molecule has 0 atom stereocenters. The van der Waals surface area contributed by atoms with Gasteiger partial charge in [0.05, 0.1) is 0 Å². The van der Waals surface area contributed by atoms with E-state index in [1.54, 1.807) is 0 Å². The monoisotopic (exact) mass is 298 g/mol. The van der Waals surface area contributed by atoms with Crippen molar-refractivity contribution < 1.29 is 4.79 Å². The van der Waals surface area contributed by atoms with Gasteiger partial charge in [0.25, 0.3) is 5.91 Å². The second-order valence-corrected chi connectivity index (χ2v) is 6.94. The van der Waals surface area contributed by atoms with Crippen molar-refractivity contribution >= 4 is 28.2 Å². The van der Waals surface area contributed by atoms with E-state index in [-0.39, 0.29) is 5.91 Å². The third-order valence-electron chi connectivity index (χ3n) is 3.44. The summed E-state index contributed by atoms with van der Waals surface area (Å²) in [5.74, 6) is 1.71. The predicted molar refractivity (Wildman–Crippen MR) is 86.4 cm³/mol. The van der Waals surface area contributed by atoms with Crippen LogP contribution in [0.15, 0.2) is 0 Å². The van der Waals surface area contributed by atoms with E-state index in [1.165, 1.54) is 11.3 Å². The van der Waals surface area contributed by atoms with Crippen LogP contribution in [0, 0.1) is 17.8 Å². The Labute approximate surface area is 125 Å². The first-order chi connectivity index (χ1) is 9.23. The van der Waals surface area contributed by atoms with Gasteiger partial charge in [-0.1, -0.05) is 39.0 Å². The molecule has 6 heteroatoms. The third kappa shape index (κ3) is 4.10. The molecule has 0 bridgehead atoms. The summed E-state index contributed by atoms with van der Waals surface area (Å²) in [4.78, 5) is 18.8. The van der Waals surface area contributed by atoms with Crippen LogP contribution in [0.3, 0.4) is 0 Å². The van der Waals surface area contributed by atoms with E-state index in [0.29, 0.717) is 35.0 Å². The summed E-state index contributed by atoms with van der Waals surface area (Å²) in [6, 6.07) is 0. The summed E-state index contributed by atoms with van der Waals surface area (Å²) in [5.41, 5.74) is 5.82. The van der Waals surface area contributed by atoms with Gasteiger partial charge in [-0.05, 0) is 17.8 Å². The summed E-state index contributed by atoms with van der Waals surface area (Å²) < 4.78 is 0. The van der Waals surface area contributed by atoms with Crippen molar-refractivity contribution in [3.8, 4) is 0 Å². The number of nitrogens with two attached hydrogens (primary N) is 1. The molecule has 1 rings (SSSR count).